The number of rotatable bonds is 3. The van der Waals surface area contributed by atoms with Gasteiger partial charge in [0.2, 0.25) is 5.91 Å². The van der Waals surface area contributed by atoms with Crippen molar-refractivity contribution < 1.29 is 4.79 Å². The van der Waals surface area contributed by atoms with E-state index in [1.54, 1.807) is 0 Å². The van der Waals surface area contributed by atoms with E-state index in [4.69, 9.17) is 0 Å². The molecule has 1 heterocycles. The fourth-order valence-electron chi connectivity index (χ4n) is 2.90. The molecule has 1 aliphatic carbocycles. The Morgan fingerprint density at radius 3 is 2.56 bits per heavy atom. The highest BCUT2D eigenvalue weighted by molar-refractivity contribution is 7.99. The third kappa shape index (κ3) is 3.20. The van der Waals surface area contributed by atoms with Gasteiger partial charge in [0.15, 0.2) is 0 Å². The molecule has 0 aromatic carbocycles. The minimum absolute atomic E-state index is 0.0112. The van der Waals surface area contributed by atoms with Gasteiger partial charge in [0.05, 0.1) is 6.07 Å². The standard InChI is InChI=1S/C14H22N2OS/c15-11-14(6-2-1-3-7-14)13(17)16-10-12-4-8-18-9-5-12/h12H,1-10H2,(H,16,17). The highest BCUT2D eigenvalue weighted by Gasteiger charge is 2.39. The highest BCUT2D eigenvalue weighted by Crippen LogP contribution is 2.36. The van der Waals surface area contributed by atoms with E-state index in [0.29, 0.717) is 5.92 Å². The Morgan fingerprint density at radius 2 is 1.94 bits per heavy atom. The number of carbonyl (C=O) groups is 1. The van der Waals surface area contributed by atoms with E-state index in [2.05, 4.69) is 11.4 Å². The van der Waals surface area contributed by atoms with Crippen molar-refractivity contribution in [3.63, 3.8) is 0 Å². The maximum atomic E-state index is 12.3. The van der Waals surface area contributed by atoms with Crippen LogP contribution < -0.4 is 5.32 Å². The average molecular weight is 266 g/mol. The van der Waals surface area contributed by atoms with Crippen LogP contribution in [0.2, 0.25) is 0 Å². The van der Waals surface area contributed by atoms with E-state index < -0.39 is 5.41 Å². The highest BCUT2D eigenvalue weighted by atomic mass is 32.2. The summed E-state index contributed by atoms with van der Waals surface area (Å²) in [5, 5.41) is 12.4. The summed E-state index contributed by atoms with van der Waals surface area (Å²) in [6.07, 6.45) is 7.08. The third-order valence-corrected chi connectivity index (χ3v) is 5.30. The molecule has 0 unspecified atom stereocenters. The first-order valence-electron chi connectivity index (χ1n) is 7.04. The molecular weight excluding hydrogens is 244 g/mol. The van der Waals surface area contributed by atoms with E-state index >= 15 is 0 Å². The minimum atomic E-state index is -0.721. The number of nitrogens with one attached hydrogen (secondary N) is 1. The van der Waals surface area contributed by atoms with Crippen LogP contribution in [0, 0.1) is 22.7 Å². The van der Waals surface area contributed by atoms with E-state index in [-0.39, 0.29) is 5.91 Å². The first kappa shape index (κ1) is 13.7. The van der Waals surface area contributed by atoms with Crippen molar-refractivity contribution in [2.45, 2.75) is 44.9 Å². The number of hydrogen-bond donors (Lipinski definition) is 1. The van der Waals surface area contributed by atoms with Crippen molar-refractivity contribution in [3.8, 4) is 6.07 Å². The van der Waals surface area contributed by atoms with Crippen LogP contribution in [-0.2, 0) is 4.79 Å². The monoisotopic (exact) mass is 266 g/mol. The van der Waals surface area contributed by atoms with Gasteiger partial charge in [0.1, 0.15) is 5.41 Å². The Balaban J connectivity index is 1.84. The predicted molar refractivity (Wildman–Crippen MR) is 74.2 cm³/mol. The molecule has 1 amide bonds. The average Bonchev–Trinajstić information content (AvgIpc) is 2.46. The summed E-state index contributed by atoms with van der Waals surface area (Å²) in [4.78, 5) is 12.3. The lowest BCUT2D eigenvalue weighted by molar-refractivity contribution is -0.129. The largest absolute Gasteiger partial charge is 0.354 e. The quantitative estimate of drug-likeness (QED) is 0.854. The number of nitrogens with zero attached hydrogens (tertiary/aromatic N) is 1. The van der Waals surface area contributed by atoms with Gasteiger partial charge in [-0.1, -0.05) is 19.3 Å². The molecule has 1 saturated heterocycles. The third-order valence-electron chi connectivity index (χ3n) is 4.25. The molecule has 1 saturated carbocycles. The second kappa shape index (κ2) is 6.47. The SMILES string of the molecule is N#CC1(C(=O)NCC2CCSCC2)CCCCC1. The molecule has 1 aliphatic heterocycles. The topological polar surface area (TPSA) is 52.9 Å². The van der Waals surface area contributed by atoms with Crippen molar-refractivity contribution in [2.24, 2.45) is 11.3 Å². The first-order valence-corrected chi connectivity index (χ1v) is 8.20. The van der Waals surface area contributed by atoms with Gasteiger partial charge < -0.3 is 5.32 Å². The van der Waals surface area contributed by atoms with Crippen molar-refractivity contribution in [1.29, 1.82) is 5.26 Å². The van der Waals surface area contributed by atoms with Gasteiger partial charge in [-0.2, -0.15) is 17.0 Å². The Morgan fingerprint density at radius 1 is 1.28 bits per heavy atom. The van der Waals surface area contributed by atoms with Crippen LogP contribution in [-0.4, -0.2) is 24.0 Å². The molecule has 2 fully saturated rings. The van der Waals surface area contributed by atoms with Crippen molar-refractivity contribution in [2.75, 3.05) is 18.1 Å². The van der Waals surface area contributed by atoms with E-state index in [9.17, 15) is 10.1 Å². The fraction of sp³-hybridized carbons (Fsp3) is 0.857. The van der Waals surface area contributed by atoms with Gasteiger partial charge in [-0.3, -0.25) is 4.79 Å². The molecule has 3 nitrogen and oxygen atoms in total. The van der Waals surface area contributed by atoms with Crippen LogP contribution in [0.4, 0.5) is 0 Å². The predicted octanol–water partition coefficient (Wildman–Crippen LogP) is 2.72. The Bertz CT molecular complexity index is 325. The number of amides is 1. The summed E-state index contributed by atoms with van der Waals surface area (Å²) in [6.45, 7) is 0.767. The molecule has 2 rings (SSSR count). The summed E-state index contributed by atoms with van der Waals surface area (Å²) < 4.78 is 0. The van der Waals surface area contributed by atoms with Gasteiger partial charge in [0.25, 0.3) is 0 Å². The lowest BCUT2D eigenvalue weighted by Crippen LogP contribution is -2.43. The number of nitriles is 1. The zero-order chi connectivity index (χ0) is 12.8. The summed E-state index contributed by atoms with van der Waals surface area (Å²) in [5.74, 6) is 3.03. The molecule has 18 heavy (non-hydrogen) atoms. The van der Waals surface area contributed by atoms with Gasteiger partial charge in [-0.15, -0.1) is 0 Å². The Hall–Kier alpha value is -0.690. The molecular formula is C14H22N2OS. The van der Waals surface area contributed by atoms with Crippen LogP contribution in [0.1, 0.15) is 44.9 Å². The molecule has 0 atom stereocenters. The summed E-state index contributed by atoms with van der Waals surface area (Å²) in [7, 11) is 0. The van der Waals surface area contributed by atoms with Crippen LogP contribution in [0.3, 0.4) is 0 Å². The molecule has 2 aliphatic rings. The second-order valence-electron chi connectivity index (χ2n) is 5.52. The van der Waals surface area contributed by atoms with Crippen molar-refractivity contribution in [1.82, 2.24) is 5.32 Å². The second-order valence-corrected chi connectivity index (χ2v) is 6.75. The fourth-order valence-corrected chi connectivity index (χ4v) is 4.11. The van der Waals surface area contributed by atoms with E-state index in [0.717, 1.165) is 38.6 Å². The number of carbonyl (C=O) groups excluding carboxylic acids is 1. The molecule has 100 valence electrons. The Kier molecular flexibility index (Phi) is 4.94. The maximum Gasteiger partial charge on any atom is 0.240 e. The van der Waals surface area contributed by atoms with Crippen LogP contribution in [0.15, 0.2) is 0 Å². The first-order chi connectivity index (χ1) is 8.77. The molecule has 0 spiro atoms. The van der Waals surface area contributed by atoms with Crippen LogP contribution in [0.25, 0.3) is 0 Å². The Labute approximate surface area is 114 Å². The van der Waals surface area contributed by atoms with Crippen LogP contribution >= 0.6 is 11.8 Å². The van der Waals surface area contributed by atoms with Crippen molar-refractivity contribution >= 4 is 17.7 Å². The maximum absolute atomic E-state index is 12.3. The molecule has 1 N–H and O–H groups in total. The van der Waals surface area contributed by atoms with Crippen molar-refractivity contribution in [3.05, 3.63) is 0 Å². The zero-order valence-electron chi connectivity index (χ0n) is 10.9. The normalized spacial score (nSPS) is 24.2. The lowest BCUT2D eigenvalue weighted by Gasteiger charge is -2.30. The van der Waals surface area contributed by atoms with Crippen LogP contribution in [0.5, 0.6) is 0 Å². The minimum Gasteiger partial charge on any atom is -0.354 e. The molecule has 4 heteroatoms. The molecule has 0 bridgehead atoms. The smallest absolute Gasteiger partial charge is 0.240 e. The summed E-state index contributed by atoms with van der Waals surface area (Å²) >= 11 is 2.00. The number of hydrogen-bond acceptors (Lipinski definition) is 3. The summed E-state index contributed by atoms with van der Waals surface area (Å²) in [6, 6.07) is 2.29. The van der Waals surface area contributed by atoms with Gasteiger partial charge in [0, 0.05) is 6.54 Å². The molecule has 0 aromatic heterocycles. The van der Waals surface area contributed by atoms with Gasteiger partial charge in [-0.25, -0.2) is 0 Å². The molecule has 0 radical (unpaired) electrons. The van der Waals surface area contributed by atoms with E-state index in [1.807, 2.05) is 11.8 Å². The molecule has 0 aromatic rings. The van der Waals surface area contributed by atoms with Gasteiger partial charge in [-0.05, 0) is 43.1 Å². The number of thioether (sulfide) groups is 1. The summed E-state index contributed by atoms with van der Waals surface area (Å²) in [5.41, 5.74) is -0.721. The van der Waals surface area contributed by atoms with E-state index in [1.165, 1.54) is 24.3 Å². The van der Waals surface area contributed by atoms with Gasteiger partial charge >= 0.3 is 0 Å². The lowest BCUT2D eigenvalue weighted by atomic mass is 9.74. The zero-order valence-corrected chi connectivity index (χ0v) is 11.7.